The number of benzene rings is 2. The molecule has 0 saturated carbocycles. The van der Waals surface area contributed by atoms with Crippen LogP contribution in [0.1, 0.15) is 17.3 Å². The summed E-state index contributed by atoms with van der Waals surface area (Å²) in [5.41, 5.74) is -0.715. The minimum Gasteiger partial charge on any atom is -0.322 e. The van der Waals surface area contributed by atoms with Gasteiger partial charge in [0.05, 0.1) is 17.1 Å². The lowest BCUT2D eigenvalue weighted by atomic mass is 10.2. The van der Waals surface area contributed by atoms with Crippen LogP contribution in [-0.4, -0.2) is 20.9 Å². The smallest absolute Gasteiger partial charge is 0.262 e. The molecule has 0 fully saturated rings. The molecule has 0 spiro atoms. The van der Waals surface area contributed by atoms with Gasteiger partial charge in [0.25, 0.3) is 15.9 Å². The van der Waals surface area contributed by atoms with Crippen molar-refractivity contribution in [2.45, 2.75) is 11.8 Å². The van der Waals surface area contributed by atoms with Crippen LogP contribution in [0.3, 0.4) is 0 Å². The molecule has 0 aliphatic rings. The highest BCUT2D eigenvalue weighted by molar-refractivity contribution is 7.89. The van der Waals surface area contributed by atoms with Crippen molar-refractivity contribution in [3.8, 4) is 0 Å². The fourth-order valence-electron chi connectivity index (χ4n) is 1.80. The highest BCUT2D eigenvalue weighted by Gasteiger charge is 2.20. The van der Waals surface area contributed by atoms with E-state index in [0.717, 1.165) is 30.3 Å². The van der Waals surface area contributed by atoms with Crippen LogP contribution in [0, 0.1) is 17.5 Å². The van der Waals surface area contributed by atoms with E-state index in [1.54, 1.807) is 11.8 Å². The van der Waals surface area contributed by atoms with E-state index in [1.165, 1.54) is 0 Å². The van der Waals surface area contributed by atoms with Crippen molar-refractivity contribution >= 4 is 21.6 Å². The Bertz CT molecular complexity index is 904. The Morgan fingerprint density at radius 3 is 2.36 bits per heavy atom. The molecular weight excluding hydrogens is 361 g/mol. The third-order valence-corrected chi connectivity index (χ3v) is 4.19. The van der Waals surface area contributed by atoms with Gasteiger partial charge in [0.1, 0.15) is 5.82 Å². The first-order chi connectivity index (χ1) is 11.7. The summed E-state index contributed by atoms with van der Waals surface area (Å²) in [7, 11) is -4.11. The predicted octanol–water partition coefficient (Wildman–Crippen LogP) is 2.59. The molecule has 0 saturated heterocycles. The van der Waals surface area contributed by atoms with Crippen molar-refractivity contribution in [2.24, 2.45) is 0 Å². The van der Waals surface area contributed by atoms with Crippen LogP contribution in [0.15, 0.2) is 41.3 Å². The zero-order valence-electron chi connectivity index (χ0n) is 12.8. The molecule has 0 atom stereocenters. The topological polar surface area (TPSA) is 84.5 Å². The number of hydrogen-bond donors (Lipinski definition) is 2. The molecule has 10 heteroatoms. The van der Waals surface area contributed by atoms with Crippen molar-refractivity contribution in [3.05, 3.63) is 59.4 Å². The van der Waals surface area contributed by atoms with E-state index in [0.29, 0.717) is 6.07 Å². The van der Waals surface area contributed by atoms with Crippen LogP contribution >= 0.6 is 0 Å². The van der Waals surface area contributed by atoms with Gasteiger partial charge in [-0.15, -0.1) is 0 Å². The summed E-state index contributed by atoms with van der Waals surface area (Å²) in [6.45, 7) is 1.61. The van der Waals surface area contributed by atoms with Crippen molar-refractivity contribution in [2.75, 3.05) is 11.9 Å². The van der Waals surface area contributed by atoms with Crippen molar-refractivity contribution in [1.29, 1.82) is 0 Å². The van der Waals surface area contributed by atoms with Crippen molar-refractivity contribution < 1.29 is 31.2 Å². The first-order valence-corrected chi connectivity index (χ1v) is 8.42. The maximum atomic E-state index is 13.9. The molecule has 0 unspecified atom stereocenters. The number of sulfonamides is 1. The normalized spacial score (nSPS) is 11.4. The number of nitrogens with one attached hydrogen (secondary N) is 2. The summed E-state index contributed by atoms with van der Waals surface area (Å²) < 4.78 is 63.8. The Morgan fingerprint density at radius 1 is 1.04 bits per heavy atom. The molecule has 134 valence electrons. The lowest BCUT2D eigenvalue weighted by molar-refractivity contribution is 0.102. The van der Waals surface area contributed by atoms with Gasteiger partial charge in [0.15, 0.2) is 11.6 Å². The van der Waals surface area contributed by atoms with E-state index in [2.05, 4.69) is 10.2 Å². The molecule has 2 rings (SSSR count). The Kier molecular flexibility index (Phi) is 5.77. The van der Waals surface area contributed by atoms with E-state index in [1.807, 2.05) is 0 Å². The lowest BCUT2D eigenvalue weighted by Gasteiger charge is -2.09. The zero-order chi connectivity index (χ0) is 18.6. The molecule has 0 aliphatic heterocycles. The lowest BCUT2D eigenvalue weighted by Crippen LogP contribution is -2.24. The summed E-state index contributed by atoms with van der Waals surface area (Å²) in [4.78, 5) is 18.1. The molecule has 0 radical (unpaired) electrons. The highest BCUT2D eigenvalue weighted by atomic mass is 32.2. The largest absolute Gasteiger partial charge is 0.322 e. The third kappa shape index (κ3) is 4.56. The van der Waals surface area contributed by atoms with E-state index in [9.17, 15) is 26.4 Å². The number of rotatable bonds is 6. The Hall–Kier alpha value is -2.43. The van der Waals surface area contributed by atoms with E-state index in [4.69, 9.17) is 0 Å². The first-order valence-electron chi connectivity index (χ1n) is 6.94. The molecular formula is C15H13F3N2O4S. The summed E-state index contributed by atoms with van der Waals surface area (Å²) in [5.74, 6) is -4.33. The quantitative estimate of drug-likeness (QED) is 0.762. The number of carbonyl (C=O) groups is 1. The van der Waals surface area contributed by atoms with Gasteiger partial charge in [-0.05, 0) is 37.3 Å². The Balaban J connectivity index is 2.30. The van der Waals surface area contributed by atoms with E-state index in [-0.39, 0.29) is 12.3 Å². The molecule has 0 heterocycles. The van der Waals surface area contributed by atoms with Gasteiger partial charge in [-0.1, -0.05) is 4.89 Å². The standard InChI is InChI=1S/C15H13F3N2O4S/c1-2-24-20-25(22,23)10-4-6-12(16)11(8-10)15(21)19-9-3-5-13(17)14(18)7-9/h3-8,20H,2H2,1H3,(H,19,21). The van der Waals surface area contributed by atoms with Gasteiger partial charge in [-0.25, -0.2) is 21.6 Å². The number of anilines is 1. The molecule has 1 amide bonds. The number of amides is 1. The summed E-state index contributed by atoms with van der Waals surface area (Å²) in [6, 6.07) is 5.11. The summed E-state index contributed by atoms with van der Waals surface area (Å²) in [6.07, 6.45) is 0. The second-order valence-corrected chi connectivity index (χ2v) is 6.39. The van der Waals surface area contributed by atoms with Crippen LogP contribution in [-0.2, 0) is 14.9 Å². The van der Waals surface area contributed by atoms with Gasteiger partial charge in [-0.3, -0.25) is 9.63 Å². The molecule has 2 aromatic carbocycles. The molecule has 0 aromatic heterocycles. The third-order valence-electron chi connectivity index (χ3n) is 2.98. The monoisotopic (exact) mass is 374 g/mol. The number of hydrogen-bond acceptors (Lipinski definition) is 4. The fourth-order valence-corrected chi connectivity index (χ4v) is 2.69. The highest BCUT2D eigenvalue weighted by Crippen LogP contribution is 2.18. The van der Waals surface area contributed by atoms with E-state index >= 15 is 0 Å². The molecule has 2 N–H and O–H groups in total. The van der Waals surface area contributed by atoms with Crippen LogP contribution in [0.2, 0.25) is 0 Å². The maximum absolute atomic E-state index is 13.9. The van der Waals surface area contributed by atoms with Gasteiger partial charge >= 0.3 is 0 Å². The average Bonchev–Trinajstić information content (AvgIpc) is 2.56. The SMILES string of the molecule is CCONS(=O)(=O)c1ccc(F)c(C(=O)Nc2ccc(F)c(F)c2)c1. The molecule has 2 aromatic rings. The molecule has 0 aliphatic carbocycles. The maximum Gasteiger partial charge on any atom is 0.262 e. The minimum absolute atomic E-state index is 0.0594. The van der Waals surface area contributed by atoms with Gasteiger partial charge in [0.2, 0.25) is 0 Å². The van der Waals surface area contributed by atoms with E-state index < -0.39 is 43.8 Å². The zero-order valence-corrected chi connectivity index (χ0v) is 13.7. The molecule has 0 bridgehead atoms. The van der Waals surface area contributed by atoms with Gasteiger partial charge in [-0.2, -0.15) is 0 Å². The summed E-state index contributed by atoms with van der Waals surface area (Å²) in [5, 5.41) is 2.16. The number of halogens is 3. The fraction of sp³-hybridized carbons (Fsp3) is 0.133. The Morgan fingerprint density at radius 2 is 1.72 bits per heavy atom. The predicted molar refractivity (Wildman–Crippen MR) is 82.7 cm³/mol. The van der Waals surface area contributed by atoms with Crippen LogP contribution in [0.5, 0.6) is 0 Å². The molecule has 25 heavy (non-hydrogen) atoms. The molecule has 6 nitrogen and oxygen atoms in total. The summed E-state index contributed by atoms with van der Waals surface area (Å²) >= 11 is 0. The van der Waals surface area contributed by atoms with Gasteiger partial charge in [0, 0.05) is 11.8 Å². The second-order valence-electron chi connectivity index (χ2n) is 4.74. The Labute approximate surface area is 141 Å². The second kappa shape index (κ2) is 7.64. The minimum atomic E-state index is -4.11. The van der Waals surface area contributed by atoms with Crippen molar-refractivity contribution in [3.63, 3.8) is 0 Å². The van der Waals surface area contributed by atoms with Crippen molar-refractivity contribution in [1.82, 2.24) is 4.89 Å². The number of carbonyl (C=O) groups excluding carboxylic acids is 1. The first kappa shape index (κ1) is 18.9. The van der Waals surface area contributed by atoms with Crippen LogP contribution in [0.4, 0.5) is 18.9 Å². The van der Waals surface area contributed by atoms with Crippen LogP contribution < -0.4 is 10.2 Å². The van der Waals surface area contributed by atoms with Gasteiger partial charge < -0.3 is 5.32 Å². The van der Waals surface area contributed by atoms with Crippen LogP contribution in [0.25, 0.3) is 0 Å². The average molecular weight is 374 g/mol.